The molecule has 4 unspecified atom stereocenters. The monoisotopic (exact) mass is 364 g/mol. The van der Waals surface area contributed by atoms with Crippen LogP contribution in [0.15, 0.2) is 0 Å². The van der Waals surface area contributed by atoms with Gasteiger partial charge in [0.15, 0.2) is 5.79 Å². The maximum absolute atomic E-state index is 11.3. The third-order valence-electron chi connectivity index (χ3n) is 9.81. The standard InChI is InChI=1S/C22H36O4/c1-13-4-7-20(2)14-5-8-21(3)15(6-9-22(21)25-10-11-26-22)17(14)19(24)18(23)16(20)12-13/h13-19,23-24H,4-12H2,1-3H3/t13-,14?,15?,16?,17?,18+,19+,20+,21-/m0/s1. The predicted octanol–water partition coefficient (Wildman–Crippen LogP) is 3.35. The van der Waals surface area contributed by atoms with E-state index < -0.39 is 18.0 Å². The first-order valence-electron chi connectivity index (χ1n) is 11.0. The Morgan fingerprint density at radius 1 is 0.808 bits per heavy atom. The molecule has 5 aliphatic rings. The highest BCUT2D eigenvalue weighted by molar-refractivity contribution is 5.16. The minimum Gasteiger partial charge on any atom is -0.390 e. The van der Waals surface area contributed by atoms with Gasteiger partial charge in [-0.3, -0.25) is 0 Å². The summed E-state index contributed by atoms with van der Waals surface area (Å²) in [6.45, 7) is 8.45. The Kier molecular flexibility index (Phi) is 3.91. The Bertz CT molecular complexity index is 572. The third kappa shape index (κ3) is 2.05. The van der Waals surface area contributed by atoms with Gasteiger partial charge in [0.2, 0.25) is 0 Å². The molecule has 1 aliphatic heterocycles. The Morgan fingerprint density at radius 2 is 1.50 bits per heavy atom. The molecule has 4 nitrogen and oxygen atoms in total. The van der Waals surface area contributed by atoms with Crippen LogP contribution in [0, 0.1) is 40.4 Å². The Balaban J connectivity index is 1.52. The molecule has 0 bridgehead atoms. The zero-order valence-corrected chi connectivity index (χ0v) is 16.6. The van der Waals surface area contributed by atoms with E-state index in [0.717, 1.165) is 32.1 Å². The summed E-state index contributed by atoms with van der Waals surface area (Å²) in [5.41, 5.74) is 0.140. The fraction of sp³-hybridized carbons (Fsp3) is 1.00. The van der Waals surface area contributed by atoms with Gasteiger partial charge < -0.3 is 19.7 Å². The number of rotatable bonds is 0. The molecule has 0 radical (unpaired) electrons. The van der Waals surface area contributed by atoms with Crippen LogP contribution in [-0.4, -0.2) is 41.4 Å². The molecule has 1 heterocycles. The van der Waals surface area contributed by atoms with E-state index in [1.807, 2.05) is 0 Å². The lowest BCUT2D eigenvalue weighted by molar-refractivity contribution is -0.268. The summed E-state index contributed by atoms with van der Waals surface area (Å²) >= 11 is 0. The molecule has 5 rings (SSSR count). The fourth-order valence-corrected chi connectivity index (χ4v) is 8.35. The highest BCUT2D eigenvalue weighted by Crippen LogP contribution is 2.69. The molecule has 4 heteroatoms. The van der Waals surface area contributed by atoms with Crippen LogP contribution in [0.1, 0.15) is 65.7 Å². The first-order chi connectivity index (χ1) is 12.3. The van der Waals surface area contributed by atoms with Crippen LogP contribution >= 0.6 is 0 Å². The van der Waals surface area contributed by atoms with Crippen LogP contribution in [0.5, 0.6) is 0 Å². The molecule has 4 saturated carbocycles. The van der Waals surface area contributed by atoms with Gasteiger partial charge in [-0.25, -0.2) is 0 Å². The SMILES string of the molecule is C[C@H]1CC[C@]2(C)C3CC[C@@]4(C)C(CCC45OCCO5)C3[C@@H](O)[C@H](O)C2C1. The van der Waals surface area contributed by atoms with E-state index in [9.17, 15) is 10.2 Å². The first-order valence-corrected chi connectivity index (χ1v) is 11.0. The summed E-state index contributed by atoms with van der Waals surface area (Å²) in [6, 6.07) is 0. The van der Waals surface area contributed by atoms with Crippen molar-refractivity contribution >= 4 is 0 Å². The molecule has 1 saturated heterocycles. The van der Waals surface area contributed by atoms with Crippen molar-refractivity contribution in [1.29, 1.82) is 0 Å². The maximum atomic E-state index is 11.3. The highest BCUT2D eigenvalue weighted by Gasteiger charge is 2.69. The van der Waals surface area contributed by atoms with Gasteiger partial charge in [0.1, 0.15) is 0 Å². The lowest BCUT2D eigenvalue weighted by atomic mass is 9.43. The predicted molar refractivity (Wildman–Crippen MR) is 98.3 cm³/mol. The van der Waals surface area contributed by atoms with Crippen molar-refractivity contribution in [2.24, 2.45) is 40.4 Å². The second-order valence-corrected chi connectivity index (χ2v) is 10.7. The molecular formula is C22H36O4. The van der Waals surface area contributed by atoms with Gasteiger partial charge in [0, 0.05) is 11.8 Å². The van der Waals surface area contributed by atoms with Gasteiger partial charge in [-0.2, -0.15) is 0 Å². The number of hydrogen-bond donors (Lipinski definition) is 2. The molecule has 26 heavy (non-hydrogen) atoms. The number of ether oxygens (including phenoxy) is 2. The average molecular weight is 365 g/mol. The van der Waals surface area contributed by atoms with Crippen molar-refractivity contribution in [3.05, 3.63) is 0 Å². The minimum atomic E-state index is -0.593. The summed E-state index contributed by atoms with van der Waals surface area (Å²) in [6.07, 6.45) is 6.61. The number of aliphatic hydroxyl groups excluding tert-OH is 2. The van der Waals surface area contributed by atoms with Crippen molar-refractivity contribution in [2.45, 2.75) is 83.7 Å². The molecule has 2 N–H and O–H groups in total. The summed E-state index contributed by atoms with van der Waals surface area (Å²) in [5, 5.41) is 22.4. The number of fused-ring (bicyclic) bond motifs is 6. The minimum absolute atomic E-state index is 0.0312. The molecule has 0 aromatic carbocycles. The molecule has 5 fully saturated rings. The highest BCUT2D eigenvalue weighted by atomic mass is 16.7. The van der Waals surface area contributed by atoms with Crippen molar-refractivity contribution in [2.75, 3.05) is 13.2 Å². The zero-order valence-electron chi connectivity index (χ0n) is 16.6. The van der Waals surface area contributed by atoms with Crippen LogP contribution in [0.4, 0.5) is 0 Å². The topological polar surface area (TPSA) is 58.9 Å². The quantitative estimate of drug-likeness (QED) is 0.692. The third-order valence-corrected chi connectivity index (χ3v) is 9.81. The lowest BCUT2D eigenvalue weighted by Crippen LogP contribution is -2.65. The van der Waals surface area contributed by atoms with E-state index in [1.165, 1.54) is 12.8 Å². The molecule has 0 amide bonds. The zero-order chi connectivity index (χ0) is 18.3. The van der Waals surface area contributed by atoms with Crippen molar-refractivity contribution < 1.29 is 19.7 Å². The fourth-order valence-electron chi connectivity index (χ4n) is 8.35. The van der Waals surface area contributed by atoms with Crippen LogP contribution in [0.2, 0.25) is 0 Å². The van der Waals surface area contributed by atoms with Gasteiger partial charge >= 0.3 is 0 Å². The van der Waals surface area contributed by atoms with Crippen molar-refractivity contribution in [1.82, 2.24) is 0 Å². The number of hydrogen-bond acceptors (Lipinski definition) is 4. The first kappa shape index (κ1) is 17.9. The van der Waals surface area contributed by atoms with E-state index in [4.69, 9.17) is 9.47 Å². The van der Waals surface area contributed by atoms with Gasteiger partial charge in [-0.05, 0) is 67.1 Å². The summed E-state index contributed by atoms with van der Waals surface area (Å²) in [5.74, 6) is 1.57. The van der Waals surface area contributed by atoms with Gasteiger partial charge in [-0.1, -0.05) is 27.2 Å². The second-order valence-electron chi connectivity index (χ2n) is 10.7. The molecule has 0 aromatic heterocycles. The summed E-state index contributed by atoms with van der Waals surface area (Å²) in [4.78, 5) is 0. The molecule has 4 aliphatic carbocycles. The van der Waals surface area contributed by atoms with Gasteiger partial charge in [-0.15, -0.1) is 0 Å². The van der Waals surface area contributed by atoms with E-state index in [1.54, 1.807) is 0 Å². The van der Waals surface area contributed by atoms with E-state index in [0.29, 0.717) is 31.0 Å². The molecule has 1 spiro atoms. The normalized spacial score (nSPS) is 58.3. The molecule has 9 atom stereocenters. The van der Waals surface area contributed by atoms with Crippen LogP contribution < -0.4 is 0 Å². The largest absolute Gasteiger partial charge is 0.390 e. The molecule has 148 valence electrons. The Morgan fingerprint density at radius 3 is 2.23 bits per heavy atom. The van der Waals surface area contributed by atoms with Gasteiger partial charge in [0.25, 0.3) is 0 Å². The Labute approximate surface area is 157 Å². The Hall–Kier alpha value is -0.160. The van der Waals surface area contributed by atoms with Crippen LogP contribution in [0.25, 0.3) is 0 Å². The maximum Gasteiger partial charge on any atom is 0.174 e. The van der Waals surface area contributed by atoms with Crippen LogP contribution in [0.3, 0.4) is 0 Å². The summed E-state index contributed by atoms with van der Waals surface area (Å²) < 4.78 is 12.4. The van der Waals surface area contributed by atoms with E-state index in [-0.39, 0.29) is 22.7 Å². The second kappa shape index (κ2) is 5.68. The van der Waals surface area contributed by atoms with Crippen molar-refractivity contribution in [3.63, 3.8) is 0 Å². The molecular weight excluding hydrogens is 328 g/mol. The van der Waals surface area contributed by atoms with Crippen LogP contribution in [-0.2, 0) is 9.47 Å². The average Bonchev–Trinajstić information content (AvgIpc) is 3.21. The van der Waals surface area contributed by atoms with Crippen molar-refractivity contribution in [3.8, 4) is 0 Å². The molecule has 0 aromatic rings. The smallest absolute Gasteiger partial charge is 0.174 e. The number of aliphatic hydroxyl groups is 2. The van der Waals surface area contributed by atoms with Gasteiger partial charge in [0.05, 0.1) is 25.4 Å². The van der Waals surface area contributed by atoms with E-state index in [2.05, 4.69) is 20.8 Å². The summed E-state index contributed by atoms with van der Waals surface area (Å²) in [7, 11) is 0. The van der Waals surface area contributed by atoms with E-state index >= 15 is 0 Å². The lowest BCUT2D eigenvalue weighted by Gasteiger charge is -2.64.